The van der Waals surface area contributed by atoms with Gasteiger partial charge < -0.3 is 15.0 Å². The molecule has 0 atom stereocenters. The number of halogens is 2. The molecule has 0 bridgehead atoms. The highest BCUT2D eigenvalue weighted by atomic mass is 35.5. The molecule has 7 heteroatoms. The van der Waals surface area contributed by atoms with E-state index in [0.717, 1.165) is 6.07 Å². The van der Waals surface area contributed by atoms with Crippen molar-refractivity contribution in [3.63, 3.8) is 0 Å². The van der Waals surface area contributed by atoms with Crippen molar-refractivity contribution >= 4 is 29.2 Å². The van der Waals surface area contributed by atoms with E-state index in [0.29, 0.717) is 22.5 Å². The number of aromatic amines is 1. The molecular formula is C16H16ClFN2O3. The number of nitrogens with one attached hydrogen (secondary N) is 2. The zero-order chi connectivity index (χ0) is 17.1. The summed E-state index contributed by atoms with van der Waals surface area (Å²) in [6, 6.07) is 3.87. The molecule has 0 radical (unpaired) electrons. The summed E-state index contributed by atoms with van der Waals surface area (Å²) in [5, 5.41) is 2.52. The van der Waals surface area contributed by atoms with Gasteiger partial charge in [0.25, 0.3) is 5.91 Å². The second kappa shape index (κ2) is 6.83. The van der Waals surface area contributed by atoms with Crippen LogP contribution in [0.3, 0.4) is 0 Å². The summed E-state index contributed by atoms with van der Waals surface area (Å²) in [5.74, 6) is -1.51. The van der Waals surface area contributed by atoms with Crippen LogP contribution in [0.25, 0.3) is 0 Å². The van der Waals surface area contributed by atoms with Gasteiger partial charge in [-0.25, -0.2) is 9.18 Å². The van der Waals surface area contributed by atoms with Crippen molar-refractivity contribution in [1.82, 2.24) is 4.98 Å². The quantitative estimate of drug-likeness (QED) is 0.832. The SMILES string of the molecule is CCOC(=O)c1c(C)[nH]c(C(=O)Nc2ccc(F)c(Cl)c2)c1C. The van der Waals surface area contributed by atoms with Crippen molar-refractivity contribution < 1.29 is 18.7 Å². The largest absolute Gasteiger partial charge is 0.462 e. The van der Waals surface area contributed by atoms with Crippen LogP contribution in [0, 0.1) is 19.7 Å². The highest BCUT2D eigenvalue weighted by molar-refractivity contribution is 6.31. The molecule has 2 N–H and O–H groups in total. The van der Waals surface area contributed by atoms with Crippen LogP contribution < -0.4 is 5.32 Å². The number of esters is 1. The van der Waals surface area contributed by atoms with Crippen molar-refractivity contribution in [3.05, 3.63) is 51.6 Å². The van der Waals surface area contributed by atoms with Crippen LogP contribution in [0.2, 0.25) is 5.02 Å². The summed E-state index contributed by atoms with van der Waals surface area (Å²) in [4.78, 5) is 27.2. The van der Waals surface area contributed by atoms with Crippen LogP contribution in [-0.4, -0.2) is 23.5 Å². The first-order valence-corrected chi connectivity index (χ1v) is 7.35. The molecule has 0 aliphatic rings. The lowest BCUT2D eigenvalue weighted by Gasteiger charge is -2.06. The fraction of sp³-hybridized carbons (Fsp3) is 0.250. The van der Waals surface area contributed by atoms with Gasteiger partial charge in [-0.15, -0.1) is 0 Å². The number of benzene rings is 1. The lowest BCUT2D eigenvalue weighted by atomic mass is 10.1. The molecule has 1 amide bonds. The molecule has 0 aliphatic carbocycles. The summed E-state index contributed by atoms with van der Waals surface area (Å²) in [7, 11) is 0. The Bertz CT molecular complexity index is 771. The lowest BCUT2D eigenvalue weighted by molar-refractivity contribution is 0.0525. The minimum Gasteiger partial charge on any atom is -0.462 e. The van der Waals surface area contributed by atoms with Gasteiger partial charge >= 0.3 is 5.97 Å². The molecule has 0 saturated heterocycles. The normalized spacial score (nSPS) is 10.5. The first kappa shape index (κ1) is 17.0. The number of hydrogen-bond acceptors (Lipinski definition) is 3. The number of ether oxygens (including phenoxy) is 1. The van der Waals surface area contributed by atoms with Crippen molar-refractivity contribution in [1.29, 1.82) is 0 Å². The molecule has 0 aliphatic heterocycles. The number of aryl methyl sites for hydroxylation is 1. The van der Waals surface area contributed by atoms with Gasteiger partial charge in [-0.2, -0.15) is 0 Å². The molecule has 0 spiro atoms. The van der Waals surface area contributed by atoms with E-state index in [9.17, 15) is 14.0 Å². The zero-order valence-corrected chi connectivity index (χ0v) is 13.7. The zero-order valence-electron chi connectivity index (χ0n) is 12.9. The van der Waals surface area contributed by atoms with Gasteiger partial charge in [0, 0.05) is 11.4 Å². The van der Waals surface area contributed by atoms with Crippen LogP contribution >= 0.6 is 11.6 Å². The smallest absolute Gasteiger partial charge is 0.340 e. The Morgan fingerprint density at radius 1 is 1.35 bits per heavy atom. The van der Waals surface area contributed by atoms with Gasteiger partial charge in [0.2, 0.25) is 0 Å². The van der Waals surface area contributed by atoms with Gasteiger partial charge in [0.15, 0.2) is 0 Å². The minimum absolute atomic E-state index is 0.0885. The fourth-order valence-electron chi connectivity index (χ4n) is 2.25. The van der Waals surface area contributed by atoms with E-state index in [1.807, 2.05) is 0 Å². The van der Waals surface area contributed by atoms with Crippen LogP contribution in [0.15, 0.2) is 18.2 Å². The van der Waals surface area contributed by atoms with E-state index in [2.05, 4.69) is 10.3 Å². The number of anilines is 1. The third-order valence-electron chi connectivity index (χ3n) is 3.32. The first-order chi connectivity index (χ1) is 10.8. The lowest BCUT2D eigenvalue weighted by Crippen LogP contribution is -2.14. The van der Waals surface area contributed by atoms with Crippen molar-refractivity contribution in [2.24, 2.45) is 0 Å². The minimum atomic E-state index is -0.568. The molecule has 5 nitrogen and oxygen atoms in total. The first-order valence-electron chi connectivity index (χ1n) is 6.97. The second-order valence-electron chi connectivity index (χ2n) is 4.93. The van der Waals surface area contributed by atoms with E-state index in [4.69, 9.17) is 16.3 Å². The number of aromatic nitrogens is 1. The molecule has 23 heavy (non-hydrogen) atoms. The van der Waals surface area contributed by atoms with Gasteiger partial charge in [-0.05, 0) is 44.5 Å². The van der Waals surface area contributed by atoms with Crippen molar-refractivity contribution in [2.45, 2.75) is 20.8 Å². The summed E-state index contributed by atoms with van der Waals surface area (Å²) in [5.41, 5.74) is 1.97. The van der Waals surface area contributed by atoms with Crippen LogP contribution in [-0.2, 0) is 4.74 Å². The number of carbonyl (C=O) groups is 2. The standard InChI is InChI=1S/C16H16ClFN2O3/c1-4-23-16(22)13-8(2)14(19-9(13)3)15(21)20-10-5-6-12(18)11(17)7-10/h5-7,19H,4H2,1-3H3,(H,20,21). The Kier molecular flexibility index (Phi) is 5.05. The Balaban J connectivity index is 2.28. The summed E-state index contributed by atoms with van der Waals surface area (Å²) < 4.78 is 18.1. The van der Waals surface area contributed by atoms with Gasteiger partial charge in [-0.1, -0.05) is 11.6 Å². The maximum Gasteiger partial charge on any atom is 0.340 e. The van der Waals surface area contributed by atoms with E-state index < -0.39 is 17.7 Å². The predicted octanol–water partition coefficient (Wildman–Crippen LogP) is 3.85. The number of H-pyrrole nitrogens is 1. The number of amides is 1. The monoisotopic (exact) mass is 338 g/mol. The molecule has 0 saturated carbocycles. The van der Waals surface area contributed by atoms with Gasteiger partial charge in [0.05, 0.1) is 17.2 Å². The Morgan fingerprint density at radius 2 is 2.04 bits per heavy atom. The van der Waals surface area contributed by atoms with Gasteiger partial charge in [-0.3, -0.25) is 4.79 Å². The fourth-order valence-corrected chi connectivity index (χ4v) is 2.43. The third-order valence-corrected chi connectivity index (χ3v) is 3.61. The van der Waals surface area contributed by atoms with Crippen molar-refractivity contribution in [2.75, 3.05) is 11.9 Å². The molecule has 1 aromatic heterocycles. The number of carbonyl (C=O) groups excluding carboxylic acids is 2. The van der Waals surface area contributed by atoms with Gasteiger partial charge in [0.1, 0.15) is 11.5 Å². The maximum atomic E-state index is 13.1. The molecule has 2 rings (SSSR count). The summed E-state index contributed by atoms with van der Waals surface area (Å²) >= 11 is 5.68. The highest BCUT2D eigenvalue weighted by Gasteiger charge is 2.23. The van der Waals surface area contributed by atoms with E-state index >= 15 is 0 Å². The molecule has 0 unspecified atom stereocenters. The second-order valence-corrected chi connectivity index (χ2v) is 5.34. The average molecular weight is 339 g/mol. The molecule has 1 aromatic carbocycles. The topological polar surface area (TPSA) is 71.2 Å². The van der Waals surface area contributed by atoms with Crippen LogP contribution in [0.5, 0.6) is 0 Å². The van der Waals surface area contributed by atoms with E-state index in [1.165, 1.54) is 12.1 Å². The highest BCUT2D eigenvalue weighted by Crippen LogP contribution is 2.22. The third kappa shape index (κ3) is 3.53. The molecule has 122 valence electrons. The summed E-state index contributed by atoms with van der Waals surface area (Å²) in [6.45, 7) is 5.30. The number of rotatable bonds is 4. The average Bonchev–Trinajstić information content (AvgIpc) is 2.78. The summed E-state index contributed by atoms with van der Waals surface area (Å²) in [6.07, 6.45) is 0. The van der Waals surface area contributed by atoms with Crippen LogP contribution in [0.1, 0.15) is 39.0 Å². The van der Waals surface area contributed by atoms with Crippen LogP contribution in [0.4, 0.5) is 10.1 Å². The Morgan fingerprint density at radius 3 is 2.65 bits per heavy atom. The van der Waals surface area contributed by atoms with Crippen molar-refractivity contribution in [3.8, 4) is 0 Å². The molecule has 2 aromatic rings. The Labute approximate surface area is 137 Å². The molecule has 0 fully saturated rings. The number of hydrogen-bond donors (Lipinski definition) is 2. The Hall–Kier alpha value is -2.34. The maximum absolute atomic E-state index is 13.1. The van der Waals surface area contributed by atoms with E-state index in [1.54, 1.807) is 20.8 Å². The van der Waals surface area contributed by atoms with E-state index in [-0.39, 0.29) is 17.3 Å². The predicted molar refractivity (Wildman–Crippen MR) is 85.6 cm³/mol. The molecular weight excluding hydrogens is 323 g/mol. The molecule has 1 heterocycles.